The van der Waals surface area contributed by atoms with E-state index in [0.29, 0.717) is 13.2 Å². The van der Waals surface area contributed by atoms with Crippen LogP contribution in [0, 0.1) is 0 Å². The van der Waals surface area contributed by atoms with Gasteiger partial charge in [-0.2, -0.15) is 0 Å². The van der Waals surface area contributed by atoms with Crippen molar-refractivity contribution < 1.29 is 13.6 Å². The maximum Gasteiger partial charge on any atom is 0.400 e. The Labute approximate surface area is 121 Å². The molecule has 0 aliphatic carbocycles. The molecule has 0 fully saturated rings. The maximum absolute atomic E-state index is 12.1. The highest BCUT2D eigenvalue weighted by Gasteiger charge is 2.24. The van der Waals surface area contributed by atoms with Gasteiger partial charge in [-0.3, -0.25) is 0 Å². The SMILES string of the molecule is CCCCCCOP(=O)(OCCCCCC)S[S]. The maximum atomic E-state index is 12.1. The van der Waals surface area contributed by atoms with Crippen molar-refractivity contribution in [1.82, 2.24) is 0 Å². The molecule has 0 rings (SSSR count). The highest BCUT2D eigenvalue weighted by Crippen LogP contribution is 2.62. The standard InChI is InChI=1S/C12H26O3PS2/c1-3-5-7-9-11-14-16(13,18-17)15-12-10-8-6-4-2/h3-12H2,1-2H3. The molecule has 0 bridgehead atoms. The normalized spacial score (nSPS) is 11.9. The fourth-order valence-corrected chi connectivity index (χ4v) is 3.84. The van der Waals surface area contributed by atoms with E-state index in [1.165, 1.54) is 25.7 Å². The summed E-state index contributed by atoms with van der Waals surface area (Å²) in [6.07, 6.45) is 8.80. The predicted molar refractivity (Wildman–Crippen MR) is 83.0 cm³/mol. The zero-order chi connectivity index (χ0) is 13.7. The van der Waals surface area contributed by atoms with E-state index in [-0.39, 0.29) is 0 Å². The van der Waals surface area contributed by atoms with Crippen LogP contribution in [0.25, 0.3) is 0 Å². The topological polar surface area (TPSA) is 35.5 Å². The van der Waals surface area contributed by atoms with E-state index in [0.717, 1.165) is 36.1 Å². The van der Waals surface area contributed by atoms with Crippen molar-refractivity contribution in [2.45, 2.75) is 65.2 Å². The summed E-state index contributed by atoms with van der Waals surface area (Å²) >= 11 is 4.79. The molecule has 0 N–H and O–H groups in total. The molecule has 18 heavy (non-hydrogen) atoms. The Morgan fingerprint density at radius 1 is 0.889 bits per heavy atom. The summed E-state index contributed by atoms with van der Waals surface area (Å²) in [4.78, 5) is 0. The van der Waals surface area contributed by atoms with Gasteiger partial charge in [-0.1, -0.05) is 52.4 Å². The highest BCUT2D eigenvalue weighted by molar-refractivity contribution is 8.93. The number of unbranched alkanes of at least 4 members (excludes halogenated alkanes) is 6. The second-order valence-electron chi connectivity index (χ2n) is 4.31. The van der Waals surface area contributed by atoms with Crippen molar-refractivity contribution >= 4 is 28.9 Å². The zero-order valence-electron chi connectivity index (χ0n) is 11.6. The zero-order valence-corrected chi connectivity index (χ0v) is 14.1. The lowest BCUT2D eigenvalue weighted by Gasteiger charge is -2.14. The van der Waals surface area contributed by atoms with Crippen molar-refractivity contribution in [3.05, 3.63) is 0 Å². The molecular weight excluding hydrogens is 287 g/mol. The lowest BCUT2D eigenvalue weighted by molar-refractivity contribution is 0.213. The molecule has 0 spiro atoms. The van der Waals surface area contributed by atoms with Gasteiger partial charge in [0.1, 0.15) is 0 Å². The molecule has 3 nitrogen and oxygen atoms in total. The van der Waals surface area contributed by atoms with E-state index >= 15 is 0 Å². The predicted octanol–water partition coefficient (Wildman–Crippen LogP) is 6.13. The third-order valence-corrected chi connectivity index (χ3v) is 6.59. The van der Waals surface area contributed by atoms with E-state index in [1.807, 2.05) is 0 Å². The van der Waals surface area contributed by atoms with Crippen molar-refractivity contribution in [2.75, 3.05) is 13.2 Å². The molecule has 1 radical (unpaired) electrons. The Kier molecular flexibility index (Phi) is 13.5. The molecule has 0 heterocycles. The van der Waals surface area contributed by atoms with E-state index in [1.54, 1.807) is 0 Å². The third-order valence-electron chi connectivity index (χ3n) is 2.59. The fourth-order valence-electron chi connectivity index (χ4n) is 1.49. The molecule has 109 valence electrons. The van der Waals surface area contributed by atoms with Crippen LogP contribution >= 0.6 is 28.9 Å². The average Bonchev–Trinajstić information content (AvgIpc) is 2.38. The summed E-state index contributed by atoms with van der Waals surface area (Å²) in [5, 5.41) is 0. The molecule has 0 aliphatic rings. The first-order chi connectivity index (χ1) is 8.68. The van der Waals surface area contributed by atoms with Crippen LogP contribution in [0.2, 0.25) is 0 Å². The second kappa shape index (κ2) is 12.9. The van der Waals surface area contributed by atoms with Crippen LogP contribution in [0.1, 0.15) is 65.2 Å². The van der Waals surface area contributed by atoms with Gasteiger partial charge in [-0.05, 0) is 24.5 Å². The molecule has 0 aromatic rings. The van der Waals surface area contributed by atoms with E-state index in [2.05, 4.69) is 13.8 Å². The Morgan fingerprint density at radius 2 is 1.33 bits per heavy atom. The van der Waals surface area contributed by atoms with Gasteiger partial charge < -0.3 is 9.05 Å². The summed E-state index contributed by atoms with van der Waals surface area (Å²) in [6.45, 7) is 2.21. The summed E-state index contributed by atoms with van der Waals surface area (Å²) in [6, 6.07) is 0. The molecule has 0 atom stereocenters. The molecule has 6 heteroatoms. The molecule has 0 saturated carbocycles. The molecule has 0 saturated heterocycles. The highest BCUT2D eigenvalue weighted by atomic mass is 33.3. The molecule has 0 aromatic carbocycles. The first-order valence-electron chi connectivity index (χ1n) is 6.89. The third kappa shape index (κ3) is 10.7. The Morgan fingerprint density at radius 3 is 1.67 bits per heavy atom. The first kappa shape index (κ1) is 18.9. The minimum absolute atomic E-state index is 0.482. The molecular formula is C12H26O3PS2. The van der Waals surface area contributed by atoms with Crippen molar-refractivity contribution in [1.29, 1.82) is 0 Å². The van der Waals surface area contributed by atoms with Gasteiger partial charge in [0.15, 0.2) is 0 Å². The monoisotopic (exact) mass is 313 g/mol. The van der Waals surface area contributed by atoms with Crippen LogP contribution in [-0.4, -0.2) is 13.2 Å². The minimum Gasteiger partial charge on any atom is -0.300 e. The quantitative estimate of drug-likeness (QED) is 0.233. The molecule has 0 aliphatic heterocycles. The van der Waals surface area contributed by atoms with E-state index in [4.69, 9.17) is 20.7 Å². The van der Waals surface area contributed by atoms with Gasteiger partial charge >= 0.3 is 6.80 Å². The van der Waals surface area contributed by atoms with Crippen LogP contribution in [0.15, 0.2) is 0 Å². The van der Waals surface area contributed by atoms with Gasteiger partial charge in [0, 0.05) is 10.4 Å². The van der Waals surface area contributed by atoms with Gasteiger partial charge in [-0.25, -0.2) is 4.57 Å². The first-order valence-corrected chi connectivity index (χ1v) is 10.8. The lowest BCUT2D eigenvalue weighted by atomic mass is 10.2. The lowest BCUT2D eigenvalue weighted by Crippen LogP contribution is -1.96. The van der Waals surface area contributed by atoms with Crippen molar-refractivity contribution in [3.8, 4) is 0 Å². The summed E-state index contributed by atoms with van der Waals surface area (Å²) in [7, 11) is 0.794. The van der Waals surface area contributed by atoms with E-state index < -0.39 is 6.80 Å². The van der Waals surface area contributed by atoms with Gasteiger partial charge in [0.25, 0.3) is 0 Å². The van der Waals surface area contributed by atoms with Gasteiger partial charge in [0.05, 0.1) is 13.2 Å². The Balaban J connectivity index is 3.64. The van der Waals surface area contributed by atoms with Crippen LogP contribution in [0.5, 0.6) is 0 Å². The fraction of sp³-hybridized carbons (Fsp3) is 1.00. The smallest absolute Gasteiger partial charge is 0.300 e. The van der Waals surface area contributed by atoms with Crippen molar-refractivity contribution in [3.63, 3.8) is 0 Å². The van der Waals surface area contributed by atoms with Crippen LogP contribution < -0.4 is 0 Å². The largest absolute Gasteiger partial charge is 0.400 e. The number of hydrogen-bond acceptors (Lipinski definition) is 4. The van der Waals surface area contributed by atoms with Gasteiger partial charge in [0.2, 0.25) is 0 Å². The molecule has 0 amide bonds. The Hall–Kier alpha value is 0.850. The summed E-state index contributed by atoms with van der Waals surface area (Å²) in [5.74, 6) is 0. The molecule has 0 aromatic heterocycles. The Bertz CT molecular complexity index is 209. The second-order valence-corrected chi connectivity index (χ2v) is 9.00. The van der Waals surface area contributed by atoms with Gasteiger partial charge in [-0.15, -0.1) is 0 Å². The van der Waals surface area contributed by atoms with Crippen LogP contribution in [-0.2, 0) is 13.6 Å². The average molecular weight is 313 g/mol. The summed E-state index contributed by atoms with van der Waals surface area (Å²) < 4.78 is 22.7. The van der Waals surface area contributed by atoms with E-state index in [9.17, 15) is 4.57 Å². The summed E-state index contributed by atoms with van der Waals surface area (Å²) in [5.41, 5.74) is 0. The van der Waals surface area contributed by atoms with Crippen LogP contribution in [0.4, 0.5) is 0 Å². The van der Waals surface area contributed by atoms with Crippen LogP contribution in [0.3, 0.4) is 0 Å². The molecule has 0 unspecified atom stereocenters. The van der Waals surface area contributed by atoms with Crippen molar-refractivity contribution in [2.24, 2.45) is 0 Å². The minimum atomic E-state index is -3.07. The number of rotatable bonds is 13. The number of hydrogen-bond donors (Lipinski definition) is 0.